The van der Waals surface area contributed by atoms with Crippen LogP contribution >= 0.6 is 0 Å². The third-order valence-corrected chi connectivity index (χ3v) is 4.34. The van der Waals surface area contributed by atoms with E-state index in [0.29, 0.717) is 6.42 Å². The summed E-state index contributed by atoms with van der Waals surface area (Å²) in [5.41, 5.74) is 3.13. The number of carbonyl (C=O) groups excluding carboxylic acids is 1. The number of benzene rings is 2. The minimum Gasteiger partial charge on any atom is -0.388 e. The summed E-state index contributed by atoms with van der Waals surface area (Å²) in [4.78, 5) is 11.9. The third-order valence-electron chi connectivity index (χ3n) is 4.34. The number of hydrogen-bond donors (Lipinski definition) is 1. The molecule has 1 fully saturated rings. The van der Waals surface area contributed by atoms with Crippen molar-refractivity contribution < 1.29 is 9.90 Å². The Hall–Kier alpha value is -1.93. The highest BCUT2D eigenvalue weighted by Gasteiger charge is 2.29. The lowest BCUT2D eigenvalue weighted by Crippen LogP contribution is -2.25. The fourth-order valence-electron chi connectivity index (χ4n) is 3.08. The van der Waals surface area contributed by atoms with Gasteiger partial charge in [0.25, 0.3) is 0 Å². The van der Waals surface area contributed by atoms with Crippen LogP contribution in [0.15, 0.2) is 54.6 Å². The van der Waals surface area contributed by atoms with E-state index in [2.05, 4.69) is 12.1 Å². The summed E-state index contributed by atoms with van der Waals surface area (Å²) in [6, 6.07) is 18.1. The van der Waals surface area contributed by atoms with Crippen molar-refractivity contribution >= 4 is 5.78 Å². The molecule has 2 aromatic rings. The molecule has 0 aromatic heterocycles. The van der Waals surface area contributed by atoms with E-state index < -0.39 is 6.10 Å². The fraction of sp³-hybridized carbons (Fsp3) is 0.316. The monoisotopic (exact) mass is 280 g/mol. The highest BCUT2D eigenvalue weighted by molar-refractivity contribution is 5.82. The van der Waals surface area contributed by atoms with Gasteiger partial charge in [-0.25, -0.2) is 0 Å². The Labute approximate surface area is 125 Å². The predicted octanol–water partition coefficient (Wildman–Crippen LogP) is 4.15. The Bertz CT molecular complexity index is 601. The van der Waals surface area contributed by atoms with E-state index in [1.807, 2.05) is 42.5 Å². The lowest BCUT2D eigenvalue weighted by Gasteiger charge is -2.25. The van der Waals surface area contributed by atoms with Gasteiger partial charge < -0.3 is 5.11 Å². The van der Waals surface area contributed by atoms with Gasteiger partial charge in [0.2, 0.25) is 0 Å². The lowest BCUT2D eigenvalue weighted by atomic mass is 9.81. The van der Waals surface area contributed by atoms with E-state index in [1.165, 1.54) is 0 Å². The van der Waals surface area contributed by atoms with Crippen molar-refractivity contribution in [2.45, 2.75) is 31.8 Å². The van der Waals surface area contributed by atoms with Gasteiger partial charge >= 0.3 is 0 Å². The quantitative estimate of drug-likeness (QED) is 0.917. The molecule has 0 bridgehead atoms. The van der Waals surface area contributed by atoms with Gasteiger partial charge in [-0.1, -0.05) is 61.0 Å². The van der Waals surface area contributed by atoms with Crippen LogP contribution in [0.2, 0.25) is 0 Å². The molecule has 2 nitrogen and oxygen atoms in total. The predicted molar refractivity (Wildman–Crippen MR) is 83.8 cm³/mol. The molecule has 2 atom stereocenters. The molecule has 0 unspecified atom stereocenters. The zero-order valence-electron chi connectivity index (χ0n) is 12.0. The lowest BCUT2D eigenvalue weighted by molar-refractivity contribution is -0.128. The Kier molecular flexibility index (Phi) is 4.16. The van der Waals surface area contributed by atoms with E-state index >= 15 is 0 Å². The van der Waals surface area contributed by atoms with Gasteiger partial charge in [-0.2, -0.15) is 0 Å². The highest BCUT2D eigenvalue weighted by Crippen LogP contribution is 2.33. The van der Waals surface area contributed by atoms with Crippen LogP contribution in [-0.2, 0) is 4.79 Å². The molecule has 1 aliphatic rings. The second-order valence-electron chi connectivity index (χ2n) is 5.75. The maximum atomic E-state index is 11.9. The summed E-state index contributed by atoms with van der Waals surface area (Å²) in [6.45, 7) is 0. The molecule has 1 aliphatic carbocycles. The molecule has 1 saturated carbocycles. The zero-order chi connectivity index (χ0) is 14.7. The molecular weight excluding hydrogens is 260 g/mol. The first kappa shape index (κ1) is 14.0. The molecule has 0 amide bonds. The Morgan fingerprint density at radius 3 is 2.24 bits per heavy atom. The molecule has 108 valence electrons. The van der Waals surface area contributed by atoms with Crippen molar-refractivity contribution in [1.82, 2.24) is 0 Å². The van der Waals surface area contributed by atoms with E-state index in [9.17, 15) is 9.90 Å². The van der Waals surface area contributed by atoms with Crippen molar-refractivity contribution in [3.05, 3.63) is 60.2 Å². The van der Waals surface area contributed by atoms with E-state index in [0.717, 1.165) is 36.0 Å². The number of Topliss-reactive ketones (excluding diaryl/α,β-unsaturated/α-hetero) is 1. The van der Waals surface area contributed by atoms with Crippen LogP contribution in [0.3, 0.4) is 0 Å². The second kappa shape index (κ2) is 6.23. The first-order chi connectivity index (χ1) is 10.3. The summed E-state index contributed by atoms with van der Waals surface area (Å²) in [5, 5.41) is 10.5. The van der Waals surface area contributed by atoms with Gasteiger partial charge in [0.05, 0.1) is 6.10 Å². The average molecular weight is 280 g/mol. The van der Waals surface area contributed by atoms with Crippen molar-refractivity contribution in [2.24, 2.45) is 5.92 Å². The number of aliphatic hydroxyl groups excluding tert-OH is 1. The molecule has 0 radical (unpaired) electrons. The molecule has 21 heavy (non-hydrogen) atoms. The number of aliphatic hydroxyl groups is 1. The number of hydrogen-bond acceptors (Lipinski definition) is 2. The maximum Gasteiger partial charge on any atom is 0.138 e. The summed E-state index contributed by atoms with van der Waals surface area (Å²) in [5.74, 6) is -0.0118. The largest absolute Gasteiger partial charge is 0.388 e. The SMILES string of the molecule is O=C1CCCC[C@@H]1[C@H](O)c1ccc(-c2ccccc2)cc1. The van der Waals surface area contributed by atoms with Crippen molar-refractivity contribution in [2.75, 3.05) is 0 Å². The van der Waals surface area contributed by atoms with Gasteiger partial charge in [-0.15, -0.1) is 0 Å². The molecule has 3 rings (SSSR count). The number of rotatable bonds is 3. The van der Waals surface area contributed by atoms with Gasteiger partial charge in [0, 0.05) is 12.3 Å². The molecule has 0 spiro atoms. The standard InChI is InChI=1S/C19H20O2/c20-18-9-5-4-8-17(18)19(21)16-12-10-15(11-13-16)14-6-2-1-3-7-14/h1-3,6-7,10-13,17,19,21H,4-5,8-9H2/t17-,19+/m0/s1. The molecule has 2 aromatic carbocycles. The Balaban J connectivity index is 1.79. The van der Waals surface area contributed by atoms with Gasteiger partial charge in [-0.3, -0.25) is 4.79 Å². The van der Waals surface area contributed by atoms with Crippen LogP contribution in [0.5, 0.6) is 0 Å². The van der Waals surface area contributed by atoms with E-state index in [1.54, 1.807) is 0 Å². The molecule has 0 heterocycles. The van der Waals surface area contributed by atoms with Gasteiger partial charge in [-0.05, 0) is 29.5 Å². The third kappa shape index (κ3) is 3.06. The van der Waals surface area contributed by atoms with Gasteiger partial charge in [0.15, 0.2) is 0 Å². The van der Waals surface area contributed by atoms with Crippen LogP contribution in [0, 0.1) is 5.92 Å². The van der Waals surface area contributed by atoms with Crippen LogP contribution in [0.25, 0.3) is 11.1 Å². The summed E-state index contributed by atoms with van der Waals surface area (Å²) in [7, 11) is 0. The first-order valence-corrected chi connectivity index (χ1v) is 7.62. The summed E-state index contributed by atoms with van der Waals surface area (Å²) >= 11 is 0. The highest BCUT2D eigenvalue weighted by atomic mass is 16.3. The van der Waals surface area contributed by atoms with Crippen LogP contribution < -0.4 is 0 Å². The molecule has 0 aliphatic heterocycles. The van der Waals surface area contributed by atoms with Crippen LogP contribution in [0.4, 0.5) is 0 Å². The van der Waals surface area contributed by atoms with E-state index in [4.69, 9.17) is 0 Å². The van der Waals surface area contributed by atoms with Crippen molar-refractivity contribution in [3.8, 4) is 11.1 Å². The molecular formula is C19H20O2. The minimum atomic E-state index is -0.664. The van der Waals surface area contributed by atoms with Crippen molar-refractivity contribution in [1.29, 1.82) is 0 Å². The molecule has 0 saturated heterocycles. The minimum absolute atomic E-state index is 0.209. The fourth-order valence-corrected chi connectivity index (χ4v) is 3.08. The Morgan fingerprint density at radius 1 is 0.905 bits per heavy atom. The maximum absolute atomic E-state index is 11.9. The summed E-state index contributed by atoms with van der Waals surface area (Å²) < 4.78 is 0. The number of carbonyl (C=O) groups is 1. The summed E-state index contributed by atoms with van der Waals surface area (Å²) in [6.07, 6.45) is 2.76. The first-order valence-electron chi connectivity index (χ1n) is 7.62. The Morgan fingerprint density at radius 2 is 1.57 bits per heavy atom. The van der Waals surface area contributed by atoms with Crippen LogP contribution in [-0.4, -0.2) is 10.9 Å². The topological polar surface area (TPSA) is 37.3 Å². The normalized spacial score (nSPS) is 20.2. The van der Waals surface area contributed by atoms with Crippen molar-refractivity contribution in [3.63, 3.8) is 0 Å². The average Bonchev–Trinajstić information content (AvgIpc) is 2.56. The molecule has 1 N–H and O–H groups in total. The number of ketones is 1. The van der Waals surface area contributed by atoms with Gasteiger partial charge in [0.1, 0.15) is 5.78 Å². The zero-order valence-corrected chi connectivity index (χ0v) is 12.0. The smallest absolute Gasteiger partial charge is 0.138 e. The second-order valence-corrected chi connectivity index (χ2v) is 5.75. The van der Waals surface area contributed by atoms with E-state index in [-0.39, 0.29) is 11.7 Å². The molecule has 2 heteroatoms. The van der Waals surface area contributed by atoms with Crippen LogP contribution in [0.1, 0.15) is 37.4 Å².